The van der Waals surface area contributed by atoms with Gasteiger partial charge in [-0.25, -0.2) is 13.4 Å². The van der Waals surface area contributed by atoms with Crippen LogP contribution in [-0.4, -0.2) is 81.1 Å². The van der Waals surface area contributed by atoms with Gasteiger partial charge < -0.3 is 9.64 Å². The summed E-state index contributed by atoms with van der Waals surface area (Å²) in [5.41, 5.74) is 0. The summed E-state index contributed by atoms with van der Waals surface area (Å²) in [6, 6.07) is 4.17. The molecule has 1 aromatic heterocycles. The first-order valence-electron chi connectivity index (χ1n) is 10.7. The van der Waals surface area contributed by atoms with E-state index in [4.69, 9.17) is 4.74 Å². The molecule has 0 bridgehead atoms. The molecule has 0 N–H and O–H groups in total. The fourth-order valence-corrected chi connectivity index (χ4v) is 5.92. The number of nitrogens with zero attached hydrogens (tertiary/aromatic N) is 4. The van der Waals surface area contributed by atoms with Crippen LogP contribution in [0.15, 0.2) is 23.2 Å². The topological polar surface area (TPSA) is 66.0 Å². The summed E-state index contributed by atoms with van der Waals surface area (Å²) in [4.78, 5) is 9.80. The highest BCUT2D eigenvalue weighted by molar-refractivity contribution is 7.89. The molecular weight excluding hydrogens is 376 g/mol. The van der Waals surface area contributed by atoms with Crippen molar-refractivity contribution >= 4 is 15.8 Å². The van der Waals surface area contributed by atoms with Crippen LogP contribution in [0.25, 0.3) is 0 Å². The molecule has 4 rings (SSSR count). The Morgan fingerprint density at radius 2 is 1.68 bits per heavy atom. The van der Waals surface area contributed by atoms with Crippen molar-refractivity contribution in [3.63, 3.8) is 0 Å². The summed E-state index contributed by atoms with van der Waals surface area (Å²) in [6.07, 6.45) is 9.26. The zero-order valence-electron chi connectivity index (χ0n) is 16.6. The van der Waals surface area contributed by atoms with Crippen LogP contribution in [0.5, 0.6) is 0 Å². The number of ether oxygens (including phenoxy) is 1. The number of sulfonamides is 1. The molecular formula is C20H32N4O3S. The molecule has 1 unspecified atom stereocenters. The van der Waals surface area contributed by atoms with Crippen LogP contribution in [0.2, 0.25) is 0 Å². The second-order valence-corrected chi connectivity index (χ2v) is 10.00. The zero-order chi connectivity index (χ0) is 19.4. The van der Waals surface area contributed by atoms with Gasteiger partial charge >= 0.3 is 0 Å². The normalized spacial score (nSPS) is 26.1. The fourth-order valence-electron chi connectivity index (χ4n) is 4.57. The first-order chi connectivity index (χ1) is 13.6. The number of hydrogen-bond donors (Lipinski definition) is 0. The van der Waals surface area contributed by atoms with Crippen molar-refractivity contribution in [2.45, 2.75) is 49.5 Å². The SMILES string of the molecule is O=S(=O)(c1ccc(N2CCCC(N3CCCCCC3)C2)nc1)N1CCOCC1. The zero-order valence-corrected chi connectivity index (χ0v) is 17.4. The molecule has 0 aromatic carbocycles. The first kappa shape index (κ1) is 20.1. The average molecular weight is 409 g/mol. The molecule has 0 spiro atoms. The van der Waals surface area contributed by atoms with Crippen molar-refractivity contribution in [1.29, 1.82) is 0 Å². The lowest BCUT2D eigenvalue weighted by atomic mass is 10.0. The fraction of sp³-hybridized carbons (Fsp3) is 0.750. The molecule has 3 aliphatic rings. The maximum atomic E-state index is 12.8. The third kappa shape index (κ3) is 4.50. The van der Waals surface area contributed by atoms with E-state index in [2.05, 4.69) is 14.8 Å². The standard InChI is InChI=1S/C20H32N4O3S/c25-28(26,24-12-14-27-15-13-24)19-7-8-20(21-16-19)23-11-5-6-18(17-23)22-9-3-1-2-4-10-22/h7-8,16,18H,1-6,9-15,17H2. The molecule has 0 radical (unpaired) electrons. The van der Waals surface area contributed by atoms with Crippen molar-refractivity contribution in [3.8, 4) is 0 Å². The quantitative estimate of drug-likeness (QED) is 0.759. The predicted molar refractivity (Wildman–Crippen MR) is 109 cm³/mol. The van der Waals surface area contributed by atoms with Crippen LogP contribution < -0.4 is 4.90 Å². The maximum absolute atomic E-state index is 12.8. The molecule has 0 aliphatic carbocycles. The Morgan fingerprint density at radius 3 is 2.36 bits per heavy atom. The van der Waals surface area contributed by atoms with Crippen molar-refractivity contribution in [2.24, 2.45) is 0 Å². The molecule has 1 atom stereocenters. The number of likely N-dealkylation sites (tertiary alicyclic amines) is 1. The first-order valence-corrected chi connectivity index (χ1v) is 12.1. The number of pyridine rings is 1. The van der Waals surface area contributed by atoms with Gasteiger partial charge in [0.2, 0.25) is 10.0 Å². The Kier molecular flexibility index (Phi) is 6.50. The highest BCUT2D eigenvalue weighted by Crippen LogP contribution is 2.25. The van der Waals surface area contributed by atoms with Gasteiger partial charge in [0.1, 0.15) is 10.7 Å². The minimum Gasteiger partial charge on any atom is -0.379 e. The molecule has 8 heteroatoms. The summed E-state index contributed by atoms with van der Waals surface area (Å²) in [7, 11) is -3.48. The Labute approximate surface area is 168 Å². The molecule has 3 fully saturated rings. The predicted octanol–water partition coefficient (Wildman–Crippen LogP) is 1.95. The summed E-state index contributed by atoms with van der Waals surface area (Å²) < 4.78 is 32.3. The van der Waals surface area contributed by atoms with Crippen molar-refractivity contribution in [2.75, 3.05) is 57.4 Å². The molecule has 0 saturated carbocycles. The highest BCUT2D eigenvalue weighted by atomic mass is 32.2. The molecule has 7 nitrogen and oxygen atoms in total. The Balaban J connectivity index is 1.43. The van der Waals surface area contributed by atoms with Gasteiger partial charge in [0.15, 0.2) is 0 Å². The molecule has 0 amide bonds. The van der Waals surface area contributed by atoms with E-state index >= 15 is 0 Å². The smallest absolute Gasteiger partial charge is 0.244 e. The van der Waals surface area contributed by atoms with Crippen LogP contribution in [0.3, 0.4) is 0 Å². The van der Waals surface area contributed by atoms with Gasteiger partial charge in [0.25, 0.3) is 0 Å². The van der Waals surface area contributed by atoms with E-state index in [9.17, 15) is 8.42 Å². The number of aromatic nitrogens is 1. The summed E-state index contributed by atoms with van der Waals surface area (Å²) in [6.45, 7) is 6.13. The van der Waals surface area contributed by atoms with E-state index in [1.54, 1.807) is 6.07 Å². The number of piperidine rings is 1. The molecule has 3 aliphatic heterocycles. The van der Waals surface area contributed by atoms with Crippen LogP contribution in [0.4, 0.5) is 5.82 Å². The maximum Gasteiger partial charge on any atom is 0.244 e. The van der Waals surface area contributed by atoms with Gasteiger partial charge in [-0.15, -0.1) is 0 Å². The Bertz CT molecular complexity index is 726. The van der Waals surface area contributed by atoms with Gasteiger partial charge in [-0.2, -0.15) is 4.31 Å². The van der Waals surface area contributed by atoms with Gasteiger partial charge in [0.05, 0.1) is 13.2 Å². The summed E-state index contributed by atoms with van der Waals surface area (Å²) in [5.74, 6) is 0.889. The van der Waals surface area contributed by atoms with Gasteiger partial charge in [-0.1, -0.05) is 12.8 Å². The number of rotatable bonds is 4. The Morgan fingerprint density at radius 1 is 0.929 bits per heavy atom. The third-order valence-electron chi connectivity index (χ3n) is 6.21. The van der Waals surface area contributed by atoms with E-state index in [0.29, 0.717) is 32.3 Å². The summed E-state index contributed by atoms with van der Waals surface area (Å²) >= 11 is 0. The van der Waals surface area contributed by atoms with E-state index < -0.39 is 10.0 Å². The van der Waals surface area contributed by atoms with Crippen molar-refractivity contribution in [1.82, 2.24) is 14.2 Å². The van der Waals surface area contributed by atoms with Gasteiger partial charge in [-0.3, -0.25) is 4.90 Å². The van der Waals surface area contributed by atoms with Gasteiger partial charge in [-0.05, 0) is 50.9 Å². The Hall–Kier alpha value is -1.22. The van der Waals surface area contributed by atoms with Crippen LogP contribution >= 0.6 is 0 Å². The van der Waals surface area contributed by atoms with E-state index in [1.807, 2.05) is 6.07 Å². The highest BCUT2D eigenvalue weighted by Gasteiger charge is 2.29. The van der Waals surface area contributed by atoms with Crippen LogP contribution in [0, 0.1) is 0 Å². The second kappa shape index (κ2) is 9.07. The van der Waals surface area contributed by atoms with Crippen molar-refractivity contribution < 1.29 is 13.2 Å². The molecule has 28 heavy (non-hydrogen) atoms. The van der Waals surface area contributed by atoms with Crippen LogP contribution in [-0.2, 0) is 14.8 Å². The monoisotopic (exact) mass is 408 g/mol. The minimum absolute atomic E-state index is 0.277. The largest absolute Gasteiger partial charge is 0.379 e. The number of morpholine rings is 1. The molecule has 4 heterocycles. The molecule has 1 aromatic rings. The van der Waals surface area contributed by atoms with E-state index in [-0.39, 0.29) is 4.90 Å². The summed E-state index contributed by atoms with van der Waals surface area (Å²) in [5, 5.41) is 0. The van der Waals surface area contributed by atoms with Crippen molar-refractivity contribution in [3.05, 3.63) is 18.3 Å². The lowest BCUT2D eigenvalue weighted by molar-refractivity contribution is 0.0730. The lowest BCUT2D eigenvalue weighted by Crippen LogP contribution is -2.48. The van der Waals surface area contributed by atoms with E-state index in [1.165, 1.54) is 55.7 Å². The van der Waals surface area contributed by atoms with E-state index in [0.717, 1.165) is 25.3 Å². The third-order valence-corrected chi connectivity index (χ3v) is 8.09. The average Bonchev–Trinajstić information content (AvgIpc) is 3.04. The molecule has 156 valence electrons. The van der Waals surface area contributed by atoms with Crippen LogP contribution in [0.1, 0.15) is 38.5 Å². The molecule has 3 saturated heterocycles. The minimum atomic E-state index is -3.48. The lowest BCUT2D eigenvalue weighted by Gasteiger charge is -2.39. The van der Waals surface area contributed by atoms with Gasteiger partial charge in [0, 0.05) is 38.4 Å². The second-order valence-electron chi connectivity index (χ2n) is 8.06. The number of anilines is 1. The number of hydrogen-bond acceptors (Lipinski definition) is 6.